The van der Waals surface area contributed by atoms with E-state index in [0.717, 1.165) is 39.0 Å². The van der Waals surface area contributed by atoms with Crippen LogP contribution in [-0.4, -0.2) is 87.3 Å². The molecule has 1 saturated carbocycles. The van der Waals surface area contributed by atoms with Gasteiger partial charge < -0.3 is 42.2 Å². The molecule has 81 heavy (non-hydrogen) atoms. The van der Waals surface area contributed by atoms with Crippen LogP contribution in [0.15, 0.2) is 183 Å². The van der Waals surface area contributed by atoms with Crippen molar-refractivity contribution in [3.63, 3.8) is 0 Å². The Kier molecular flexibility index (Phi) is 16.7. The number of nitrogens with zero attached hydrogens (tertiary/aromatic N) is 4. The zero-order valence-corrected chi connectivity index (χ0v) is 49.6. The number of hydrogen-bond donors (Lipinski definition) is 1. The van der Waals surface area contributed by atoms with Gasteiger partial charge in [0.05, 0.1) is 58.9 Å². The van der Waals surface area contributed by atoms with Crippen LogP contribution in [0.1, 0.15) is 87.4 Å². The number of benzene rings is 6. The quantitative estimate of drug-likeness (QED) is 0.0440. The SMILES string of the molecule is C=C1[C@@H](n2cnc3c(NC(=O)OC(C)(C)C)ncnc32)C[C@H](OC(c2ccccc2)(c2ccc(OC)cc2)c2ccc(OC)cc2)[C@]1(COC(c1ccccc1)(c1ccc(OC)cc1)c1ccc(OC)cc1)CO[Si](C)(C)C(C)(C)C. The van der Waals surface area contributed by atoms with Crippen molar-refractivity contribution < 1.29 is 42.4 Å². The van der Waals surface area contributed by atoms with E-state index in [9.17, 15) is 4.79 Å². The lowest BCUT2D eigenvalue weighted by Crippen LogP contribution is -2.52. The maximum Gasteiger partial charge on any atom is 0.413 e. The van der Waals surface area contributed by atoms with Crippen LogP contribution in [0.4, 0.5) is 10.6 Å². The average molecular weight is 1110 g/mol. The number of fused-ring (bicyclic) bond motifs is 1. The highest BCUT2D eigenvalue weighted by Crippen LogP contribution is 2.57. The number of ether oxygens (including phenoxy) is 7. The summed E-state index contributed by atoms with van der Waals surface area (Å²) < 4.78 is 54.8. The Morgan fingerprint density at radius 1 is 0.605 bits per heavy atom. The highest BCUT2D eigenvalue weighted by atomic mass is 28.4. The van der Waals surface area contributed by atoms with Gasteiger partial charge in [0.15, 0.2) is 25.3 Å². The van der Waals surface area contributed by atoms with Crippen molar-refractivity contribution in [2.75, 3.05) is 47.0 Å². The van der Waals surface area contributed by atoms with Crippen LogP contribution in [0.3, 0.4) is 0 Å². The molecule has 0 radical (unpaired) electrons. The number of hydrogen-bond acceptors (Lipinski definition) is 12. The normalized spacial score (nSPS) is 17.0. The summed E-state index contributed by atoms with van der Waals surface area (Å²) in [6, 6.07) is 52.2. The first-order chi connectivity index (χ1) is 38.7. The fraction of sp³-hybridized carbons (Fsp3) is 0.333. The van der Waals surface area contributed by atoms with Crippen molar-refractivity contribution in [1.82, 2.24) is 19.5 Å². The average Bonchev–Trinajstić information content (AvgIpc) is 2.91. The molecule has 1 aliphatic rings. The molecule has 3 atom stereocenters. The fourth-order valence-corrected chi connectivity index (χ4v) is 11.7. The molecule has 1 aliphatic carbocycles. The van der Waals surface area contributed by atoms with Crippen LogP contribution in [0.25, 0.3) is 11.2 Å². The highest BCUT2D eigenvalue weighted by molar-refractivity contribution is 6.74. The van der Waals surface area contributed by atoms with Crippen LogP contribution in [-0.2, 0) is 29.8 Å². The molecule has 0 bridgehead atoms. The molecule has 8 aromatic rings. The Hall–Kier alpha value is -7.82. The molecule has 422 valence electrons. The van der Waals surface area contributed by atoms with E-state index in [1.807, 2.05) is 89.5 Å². The van der Waals surface area contributed by atoms with E-state index in [-0.39, 0.29) is 24.1 Å². The van der Waals surface area contributed by atoms with E-state index in [1.54, 1.807) is 55.5 Å². The number of nitrogens with one attached hydrogen (secondary N) is 1. The van der Waals surface area contributed by atoms with Crippen LogP contribution >= 0.6 is 0 Å². The summed E-state index contributed by atoms with van der Waals surface area (Å²) in [5.41, 5.74) is 2.31. The summed E-state index contributed by atoms with van der Waals surface area (Å²) in [4.78, 5) is 27.5. The van der Waals surface area contributed by atoms with E-state index in [4.69, 9.17) is 54.1 Å². The lowest BCUT2D eigenvalue weighted by molar-refractivity contribution is -0.135. The molecule has 0 saturated heterocycles. The summed E-state index contributed by atoms with van der Waals surface area (Å²) in [5, 5.41) is 2.63. The minimum absolute atomic E-state index is 0.0255. The van der Waals surface area contributed by atoms with Gasteiger partial charge in [-0.05, 0) is 133 Å². The lowest BCUT2D eigenvalue weighted by Gasteiger charge is -2.47. The van der Waals surface area contributed by atoms with E-state index in [2.05, 4.69) is 117 Å². The molecular weight excluding hydrogens is 1030 g/mol. The van der Waals surface area contributed by atoms with Crippen LogP contribution in [0.5, 0.6) is 23.0 Å². The molecule has 2 heterocycles. The number of rotatable bonds is 20. The van der Waals surface area contributed by atoms with Crippen LogP contribution < -0.4 is 24.3 Å². The first-order valence-corrected chi connectivity index (χ1v) is 30.1. The first-order valence-electron chi connectivity index (χ1n) is 27.2. The number of carbonyl (C=O) groups excluding carboxylic acids is 1. The van der Waals surface area contributed by atoms with Crippen molar-refractivity contribution in [3.05, 3.63) is 216 Å². The number of methoxy groups -OCH3 is 4. The molecule has 0 aliphatic heterocycles. The van der Waals surface area contributed by atoms with Gasteiger partial charge >= 0.3 is 6.09 Å². The Labute approximate surface area is 477 Å². The molecule has 1 fully saturated rings. The Balaban J connectivity index is 1.33. The largest absolute Gasteiger partial charge is 0.497 e. The van der Waals surface area contributed by atoms with Gasteiger partial charge in [-0.3, -0.25) is 5.32 Å². The molecule has 1 amide bonds. The number of amides is 1. The third-order valence-corrected chi connectivity index (χ3v) is 20.6. The molecule has 2 aromatic heterocycles. The van der Waals surface area contributed by atoms with Gasteiger partial charge in [-0.15, -0.1) is 0 Å². The number of anilines is 1. The molecule has 6 aromatic carbocycles. The third-order valence-electron chi connectivity index (χ3n) is 16.1. The maximum absolute atomic E-state index is 13.3. The molecule has 1 N–H and O–H groups in total. The zero-order chi connectivity index (χ0) is 57.8. The molecular formula is C66H75N5O9Si. The van der Waals surface area contributed by atoms with Crippen LogP contribution in [0.2, 0.25) is 18.1 Å². The standard InChI is InChI=1S/C66H75N5O9Si/c1-45-56(71-44-69-58-59(67-43-68-60(58)71)70-61(72)80-62(2,3)4)40-57(79-66(47-22-18-15-19-23-47,50-28-36-54(75-10)37-29-50)51-30-38-55(76-11)39-31-51)64(45,42-78-81(12,13)63(5,6)7)41-77-65(46-20-16-14-17-21-46,48-24-32-52(73-8)33-25-48)49-26-34-53(74-9)35-27-49/h14-39,43-44,56-57H,1,40-42H2,2-13H3,(H,67,68,70,72)/t56-,57-,64+/m0/s1. The Morgan fingerprint density at radius 3 is 1.47 bits per heavy atom. The van der Waals surface area contributed by atoms with Gasteiger partial charge in [-0.2, -0.15) is 0 Å². The van der Waals surface area contributed by atoms with Gasteiger partial charge in [0.1, 0.15) is 46.1 Å². The van der Waals surface area contributed by atoms with E-state index >= 15 is 0 Å². The van der Waals surface area contributed by atoms with E-state index in [0.29, 0.717) is 40.6 Å². The number of carbonyl (C=O) groups is 1. The van der Waals surface area contributed by atoms with Gasteiger partial charge in [0, 0.05) is 6.61 Å². The predicted octanol–water partition coefficient (Wildman–Crippen LogP) is 14.1. The zero-order valence-electron chi connectivity index (χ0n) is 48.6. The van der Waals surface area contributed by atoms with Crippen LogP contribution in [0, 0.1) is 5.41 Å². The fourth-order valence-electron chi connectivity index (χ4n) is 10.6. The van der Waals surface area contributed by atoms with Crippen molar-refractivity contribution in [3.8, 4) is 23.0 Å². The van der Waals surface area contributed by atoms with Crippen molar-refractivity contribution in [2.45, 2.75) is 95.0 Å². The van der Waals surface area contributed by atoms with Crippen molar-refractivity contribution >= 4 is 31.4 Å². The van der Waals surface area contributed by atoms with Gasteiger partial charge in [0.25, 0.3) is 0 Å². The Morgan fingerprint density at radius 2 is 1.04 bits per heavy atom. The second kappa shape index (κ2) is 23.3. The van der Waals surface area contributed by atoms with Crippen molar-refractivity contribution in [1.29, 1.82) is 0 Å². The summed E-state index contributed by atoms with van der Waals surface area (Å²) in [6.07, 6.45) is 2.08. The third kappa shape index (κ3) is 11.5. The minimum Gasteiger partial charge on any atom is -0.497 e. The molecule has 0 spiro atoms. The molecule has 15 heteroatoms. The van der Waals surface area contributed by atoms with Gasteiger partial charge in [-0.1, -0.05) is 137 Å². The summed E-state index contributed by atoms with van der Waals surface area (Å²) in [5.74, 6) is 2.99. The van der Waals surface area contributed by atoms with Gasteiger partial charge in [0.2, 0.25) is 0 Å². The Bertz CT molecular complexity index is 3320. The van der Waals surface area contributed by atoms with Gasteiger partial charge in [-0.25, -0.2) is 19.7 Å². The predicted molar refractivity (Wildman–Crippen MR) is 319 cm³/mol. The minimum atomic E-state index is -2.61. The first kappa shape index (κ1) is 57.9. The molecule has 0 unspecified atom stereocenters. The van der Waals surface area contributed by atoms with E-state index < -0.39 is 48.8 Å². The summed E-state index contributed by atoms with van der Waals surface area (Å²) in [6.45, 7) is 22.0. The van der Waals surface area contributed by atoms with Crippen molar-refractivity contribution in [2.24, 2.45) is 5.41 Å². The summed E-state index contributed by atoms with van der Waals surface area (Å²) in [7, 11) is 4.04. The molecule has 14 nitrogen and oxygen atoms in total. The van der Waals surface area contributed by atoms with E-state index in [1.165, 1.54) is 6.33 Å². The smallest absolute Gasteiger partial charge is 0.413 e. The monoisotopic (exact) mass is 1110 g/mol. The number of imidazole rings is 1. The maximum atomic E-state index is 13.3. The number of aromatic nitrogens is 4. The second-order valence-electron chi connectivity index (χ2n) is 23.1. The topological polar surface area (TPSA) is 147 Å². The lowest BCUT2D eigenvalue weighted by atomic mass is 9.76. The highest BCUT2D eigenvalue weighted by Gasteiger charge is 2.58. The molecule has 9 rings (SSSR count). The summed E-state index contributed by atoms with van der Waals surface area (Å²) >= 11 is 0. The second-order valence-corrected chi connectivity index (χ2v) is 27.9.